The van der Waals surface area contributed by atoms with Crippen LogP contribution in [0.1, 0.15) is 22.7 Å². The molecule has 0 saturated carbocycles. The van der Waals surface area contributed by atoms with Crippen LogP contribution in [0.4, 0.5) is 0 Å². The Labute approximate surface area is 199 Å². The fourth-order valence-electron chi connectivity index (χ4n) is 4.43. The molecule has 0 aromatic heterocycles. The first-order valence-electron chi connectivity index (χ1n) is 11.3. The van der Waals surface area contributed by atoms with Gasteiger partial charge in [-0.3, -0.25) is 14.5 Å². The second-order valence-electron chi connectivity index (χ2n) is 8.42. The van der Waals surface area contributed by atoms with Gasteiger partial charge in [-0.1, -0.05) is 29.8 Å². The van der Waals surface area contributed by atoms with Crippen LogP contribution in [-0.2, 0) is 14.3 Å². The number of likely N-dealkylation sites (tertiary alicyclic amines) is 1. The molecule has 0 bridgehead atoms. The molecule has 2 fully saturated rings. The van der Waals surface area contributed by atoms with E-state index in [0.29, 0.717) is 48.9 Å². The van der Waals surface area contributed by atoms with Gasteiger partial charge in [0.15, 0.2) is 0 Å². The van der Waals surface area contributed by atoms with E-state index in [1.807, 2.05) is 19.1 Å². The summed E-state index contributed by atoms with van der Waals surface area (Å²) in [6, 6.07) is 11.6. The van der Waals surface area contributed by atoms with Gasteiger partial charge in [0.25, 0.3) is 11.7 Å². The second kappa shape index (κ2) is 10.3. The van der Waals surface area contributed by atoms with Gasteiger partial charge in [-0.2, -0.15) is 0 Å². The molecule has 0 spiro atoms. The lowest BCUT2D eigenvalue weighted by molar-refractivity contribution is -0.140. The normalized spacial score (nSPS) is 20.6. The number of carbonyl (C=O) groups is 2. The number of Topliss-reactive ketones (excluding diaryl/α,β-unsaturated/α-hetero) is 1. The minimum absolute atomic E-state index is 0.0439. The van der Waals surface area contributed by atoms with Gasteiger partial charge < -0.3 is 24.2 Å². The molecule has 2 aliphatic rings. The number of amides is 1. The summed E-state index contributed by atoms with van der Waals surface area (Å²) in [5.74, 6) is -0.502. The third kappa shape index (κ3) is 4.64. The first-order valence-corrected chi connectivity index (χ1v) is 11.3. The van der Waals surface area contributed by atoms with Crippen molar-refractivity contribution < 1.29 is 28.9 Å². The third-order valence-electron chi connectivity index (χ3n) is 6.36. The number of nitrogens with zero attached hydrogens (tertiary/aromatic N) is 2. The molecule has 2 heterocycles. The molecule has 0 radical (unpaired) electrons. The molecule has 1 atom stereocenters. The van der Waals surface area contributed by atoms with E-state index >= 15 is 0 Å². The number of aryl methyl sites for hydroxylation is 1. The molecule has 0 aliphatic carbocycles. The molecule has 8 nitrogen and oxygen atoms in total. The number of carbonyl (C=O) groups excluding carboxylic acids is 2. The summed E-state index contributed by atoms with van der Waals surface area (Å²) >= 11 is 0. The maximum absolute atomic E-state index is 13.3. The number of ether oxygens (including phenoxy) is 3. The van der Waals surface area contributed by atoms with Crippen molar-refractivity contribution in [2.45, 2.75) is 13.0 Å². The Morgan fingerprint density at radius 2 is 1.74 bits per heavy atom. The third-order valence-corrected chi connectivity index (χ3v) is 6.36. The Bertz CT molecular complexity index is 1090. The van der Waals surface area contributed by atoms with E-state index in [1.165, 1.54) is 12.0 Å². The summed E-state index contributed by atoms with van der Waals surface area (Å²) in [5, 5.41) is 11.2. The molecular formula is C26H30N2O6. The van der Waals surface area contributed by atoms with E-state index in [-0.39, 0.29) is 11.3 Å². The van der Waals surface area contributed by atoms with E-state index in [4.69, 9.17) is 14.2 Å². The Kier molecular flexibility index (Phi) is 7.19. The monoisotopic (exact) mass is 466 g/mol. The highest BCUT2D eigenvalue weighted by Crippen LogP contribution is 2.43. The number of benzene rings is 2. The van der Waals surface area contributed by atoms with Crippen molar-refractivity contribution >= 4 is 17.4 Å². The van der Waals surface area contributed by atoms with Gasteiger partial charge in [-0.25, -0.2) is 0 Å². The summed E-state index contributed by atoms with van der Waals surface area (Å²) in [7, 11) is 3.08. The SMILES string of the molecule is COc1ccc(OC)c([C@H]2/C(=C(\O)c3ccc(C)cc3)C(=O)C(=O)N2CCN2CCOCC2)c1. The fraction of sp³-hybridized carbons (Fsp3) is 0.385. The van der Waals surface area contributed by atoms with E-state index in [1.54, 1.807) is 37.4 Å². The summed E-state index contributed by atoms with van der Waals surface area (Å²) in [5.41, 5.74) is 2.12. The van der Waals surface area contributed by atoms with Crippen molar-refractivity contribution in [1.82, 2.24) is 9.80 Å². The number of hydrogen-bond acceptors (Lipinski definition) is 7. The van der Waals surface area contributed by atoms with Gasteiger partial charge in [0.05, 0.1) is 39.0 Å². The maximum atomic E-state index is 13.3. The highest BCUT2D eigenvalue weighted by molar-refractivity contribution is 6.46. The van der Waals surface area contributed by atoms with E-state index in [9.17, 15) is 14.7 Å². The highest BCUT2D eigenvalue weighted by Gasteiger charge is 2.47. The van der Waals surface area contributed by atoms with Gasteiger partial charge in [0.1, 0.15) is 17.3 Å². The standard InChI is InChI=1S/C26H30N2O6/c1-17-4-6-18(7-5-17)24(29)22-23(20-16-19(32-2)8-9-21(20)33-3)28(26(31)25(22)30)11-10-27-12-14-34-15-13-27/h4-9,16,23,29H,10-15H2,1-3H3/b24-22+/t23-/m0/s1. The average Bonchev–Trinajstić information content (AvgIpc) is 3.12. The minimum atomic E-state index is -0.813. The lowest BCUT2D eigenvalue weighted by Crippen LogP contribution is -2.42. The Hall–Kier alpha value is -3.36. The Morgan fingerprint density at radius 3 is 2.38 bits per heavy atom. The Morgan fingerprint density at radius 1 is 1.03 bits per heavy atom. The van der Waals surface area contributed by atoms with Gasteiger partial charge in [-0.05, 0) is 25.1 Å². The lowest BCUT2D eigenvalue weighted by atomic mass is 9.94. The fourth-order valence-corrected chi connectivity index (χ4v) is 4.43. The number of rotatable bonds is 7. The molecule has 2 saturated heterocycles. The van der Waals surface area contributed by atoms with Crippen LogP contribution in [0.3, 0.4) is 0 Å². The number of hydrogen-bond donors (Lipinski definition) is 1. The largest absolute Gasteiger partial charge is 0.507 e. The predicted molar refractivity (Wildman–Crippen MR) is 127 cm³/mol. The van der Waals surface area contributed by atoms with Crippen LogP contribution in [0.5, 0.6) is 11.5 Å². The van der Waals surface area contributed by atoms with Crippen LogP contribution in [0.2, 0.25) is 0 Å². The zero-order valence-electron chi connectivity index (χ0n) is 19.7. The van der Waals surface area contributed by atoms with Crippen molar-refractivity contribution in [3.8, 4) is 11.5 Å². The van der Waals surface area contributed by atoms with Crippen molar-refractivity contribution in [2.24, 2.45) is 0 Å². The molecule has 34 heavy (non-hydrogen) atoms. The molecule has 4 rings (SSSR count). The number of morpholine rings is 1. The number of methoxy groups -OCH3 is 2. The molecule has 2 aromatic carbocycles. The first kappa shape index (κ1) is 23.8. The van der Waals surface area contributed by atoms with E-state index < -0.39 is 17.7 Å². The van der Waals surface area contributed by atoms with Crippen molar-refractivity contribution in [3.63, 3.8) is 0 Å². The summed E-state index contributed by atoms with van der Waals surface area (Å²) < 4.78 is 16.4. The molecule has 0 unspecified atom stereocenters. The predicted octanol–water partition coefficient (Wildman–Crippen LogP) is 2.77. The van der Waals surface area contributed by atoms with Crippen LogP contribution in [0.15, 0.2) is 48.0 Å². The summed E-state index contributed by atoms with van der Waals surface area (Å²) in [6.07, 6.45) is 0. The summed E-state index contributed by atoms with van der Waals surface area (Å²) in [6.45, 7) is 5.65. The topological polar surface area (TPSA) is 88.5 Å². The zero-order valence-corrected chi connectivity index (χ0v) is 19.7. The molecular weight excluding hydrogens is 436 g/mol. The van der Waals surface area contributed by atoms with E-state index in [2.05, 4.69) is 4.90 Å². The van der Waals surface area contributed by atoms with Crippen LogP contribution in [0.25, 0.3) is 5.76 Å². The molecule has 2 aromatic rings. The molecule has 2 aliphatic heterocycles. The molecule has 1 N–H and O–H groups in total. The van der Waals surface area contributed by atoms with Crippen molar-refractivity contribution in [1.29, 1.82) is 0 Å². The maximum Gasteiger partial charge on any atom is 0.295 e. The smallest absolute Gasteiger partial charge is 0.295 e. The van der Waals surface area contributed by atoms with Gasteiger partial charge >= 0.3 is 0 Å². The second-order valence-corrected chi connectivity index (χ2v) is 8.42. The Balaban J connectivity index is 1.81. The van der Waals surface area contributed by atoms with Crippen molar-refractivity contribution in [3.05, 3.63) is 64.7 Å². The van der Waals surface area contributed by atoms with Crippen LogP contribution in [-0.4, -0.2) is 80.2 Å². The molecule has 8 heteroatoms. The lowest BCUT2D eigenvalue weighted by Gasteiger charge is -2.31. The average molecular weight is 467 g/mol. The van der Waals surface area contributed by atoms with Crippen LogP contribution < -0.4 is 9.47 Å². The van der Waals surface area contributed by atoms with Crippen molar-refractivity contribution in [2.75, 3.05) is 53.6 Å². The van der Waals surface area contributed by atoms with Crippen LogP contribution >= 0.6 is 0 Å². The highest BCUT2D eigenvalue weighted by atomic mass is 16.5. The number of aliphatic hydroxyl groups is 1. The quantitative estimate of drug-likeness (QED) is 0.381. The number of ketones is 1. The van der Waals surface area contributed by atoms with Gasteiger partial charge in [0.2, 0.25) is 0 Å². The minimum Gasteiger partial charge on any atom is -0.507 e. The zero-order chi connectivity index (χ0) is 24.2. The van der Waals surface area contributed by atoms with Gasteiger partial charge in [-0.15, -0.1) is 0 Å². The van der Waals surface area contributed by atoms with Crippen LogP contribution in [0, 0.1) is 6.92 Å². The molecule has 1 amide bonds. The summed E-state index contributed by atoms with van der Waals surface area (Å²) in [4.78, 5) is 30.2. The molecule has 180 valence electrons. The van der Waals surface area contributed by atoms with E-state index in [0.717, 1.165) is 18.7 Å². The van der Waals surface area contributed by atoms with Gasteiger partial charge in [0, 0.05) is 37.3 Å². The first-order chi connectivity index (χ1) is 16.4. The number of aliphatic hydroxyl groups excluding tert-OH is 1.